The van der Waals surface area contributed by atoms with Crippen LogP contribution >= 0.6 is 24.0 Å². The SMILES string of the molecule is CCNC(=NCC(=O)Nc1ccc(O)cc1)NCC1CCCN1Cc1ccccc1.I. The summed E-state index contributed by atoms with van der Waals surface area (Å²) in [5.74, 6) is 0.604. The average Bonchev–Trinajstić information content (AvgIpc) is 3.19. The van der Waals surface area contributed by atoms with E-state index in [1.807, 2.05) is 13.0 Å². The molecule has 1 atom stereocenters. The van der Waals surface area contributed by atoms with Gasteiger partial charge in [0.25, 0.3) is 0 Å². The lowest BCUT2D eigenvalue weighted by Crippen LogP contribution is -2.45. The number of rotatable bonds is 8. The Balaban J connectivity index is 0.00000341. The molecule has 31 heavy (non-hydrogen) atoms. The lowest BCUT2D eigenvalue weighted by Gasteiger charge is -2.25. The Kier molecular flexibility index (Phi) is 10.6. The molecule has 0 spiro atoms. The molecule has 1 heterocycles. The summed E-state index contributed by atoms with van der Waals surface area (Å²) in [6.45, 7) is 5.60. The monoisotopic (exact) mass is 537 g/mol. The maximum atomic E-state index is 12.2. The van der Waals surface area contributed by atoms with Crippen molar-refractivity contribution >= 4 is 41.5 Å². The highest BCUT2D eigenvalue weighted by molar-refractivity contribution is 14.0. The molecule has 0 aromatic heterocycles. The Labute approximate surface area is 201 Å². The lowest BCUT2D eigenvalue weighted by atomic mass is 10.2. The molecule has 1 aliphatic rings. The van der Waals surface area contributed by atoms with Gasteiger partial charge in [-0.25, -0.2) is 4.99 Å². The van der Waals surface area contributed by atoms with Crippen LogP contribution in [0.15, 0.2) is 59.6 Å². The Morgan fingerprint density at radius 2 is 1.87 bits per heavy atom. The van der Waals surface area contributed by atoms with Crippen LogP contribution in [0, 0.1) is 0 Å². The molecule has 7 nitrogen and oxygen atoms in total. The Bertz CT molecular complexity index is 830. The van der Waals surface area contributed by atoms with Crippen molar-refractivity contribution in [3.05, 3.63) is 60.2 Å². The first-order valence-electron chi connectivity index (χ1n) is 10.5. The van der Waals surface area contributed by atoms with Crippen molar-refractivity contribution in [2.75, 3.05) is 31.5 Å². The van der Waals surface area contributed by atoms with Crippen molar-refractivity contribution in [1.29, 1.82) is 0 Å². The number of likely N-dealkylation sites (tertiary alicyclic amines) is 1. The van der Waals surface area contributed by atoms with Crippen LogP contribution in [-0.4, -0.2) is 54.1 Å². The minimum Gasteiger partial charge on any atom is -0.508 e. The standard InChI is InChI=1S/C23H31N5O2.HI/c1-2-24-23(26-16-22(30)27-19-10-12-21(29)13-11-19)25-15-20-9-6-14-28(20)17-18-7-4-3-5-8-18;/h3-5,7-8,10-13,20,29H,2,6,9,14-17H2,1H3,(H,27,30)(H2,24,25,26);1H. The lowest BCUT2D eigenvalue weighted by molar-refractivity contribution is -0.114. The van der Waals surface area contributed by atoms with Gasteiger partial charge >= 0.3 is 0 Å². The van der Waals surface area contributed by atoms with Crippen molar-refractivity contribution in [3.8, 4) is 5.75 Å². The number of halogens is 1. The maximum absolute atomic E-state index is 12.2. The number of phenols is 1. The molecule has 1 unspecified atom stereocenters. The van der Waals surface area contributed by atoms with Crippen LogP contribution in [0.3, 0.4) is 0 Å². The zero-order valence-electron chi connectivity index (χ0n) is 17.9. The summed E-state index contributed by atoms with van der Waals surface area (Å²) in [5.41, 5.74) is 1.96. The second-order valence-electron chi connectivity index (χ2n) is 7.42. The quantitative estimate of drug-likeness (QED) is 0.180. The molecule has 1 amide bonds. The van der Waals surface area contributed by atoms with Gasteiger partial charge in [-0.05, 0) is 56.1 Å². The second kappa shape index (κ2) is 13.2. The van der Waals surface area contributed by atoms with Gasteiger partial charge in [0, 0.05) is 31.4 Å². The third-order valence-electron chi connectivity index (χ3n) is 5.11. The highest BCUT2D eigenvalue weighted by atomic mass is 127. The topological polar surface area (TPSA) is 89.0 Å². The van der Waals surface area contributed by atoms with E-state index in [2.05, 4.69) is 50.1 Å². The Hall–Kier alpha value is -2.33. The van der Waals surface area contributed by atoms with Crippen molar-refractivity contribution < 1.29 is 9.90 Å². The van der Waals surface area contributed by atoms with Gasteiger partial charge < -0.3 is 21.1 Å². The van der Waals surface area contributed by atoms with Gasteiger partial charge in [-0.1, -0.05) is 30.3 Å². The summed E-state index contributed by atoms with van der Waals surface area (Å²) in [7, 11) is 0. The number of anilines is 1. The van der Waals surface area contributed by atoms with Crippen LogP contribution in [0.25, 0.3) is 0 Å². The smallest absolute Gasteiger partial charge is 0.246 e. The van der Waals surface area contributed by atoms with E-state index in [1.165, 1.54) is 24.1 Å². The molecular formula is C23H32IN5O2. The molecule has 8 heteroatoms. The van der Waals surface area contributed by atoms with Crippen LogP contribution < -0.4 is 16.0 Å². The third-order valence-corrected chi connectivity index (χ3v) is 5.11. The predicted octanol–water partition coefficient (Wildman–Crippen LogP) is 3.17. The average molecular weight is 537 g/mol. The number of nitrogens with one attached hydrogen (secondary N) is 3. The summed E-state index contributed by atoms with van der Waals surface area (Å²) >= 11 is 0. The molecule has 3 rings (SSSR count). The number of hydrogen-bond donors (Lipinski definition) is 4. The molecule has 4 N–H and O–H groups in total. The number of carbonyl (C=O) groups is 1. The number of hydrogen-bond acceptors (Lipinski definition) is 4. The fraction of sp³-hybridized carbons (Fsp3) is 0.391. The number of carbonyl (C=O) groups excluding carboxylic acids is 1. The fourth-order valence-electron chi connectivity index (χ4n) is 3.60. The van der Waals surface area contributed by atoms with Crippen LogP contribution in [0.5, 0.6) is 5.75 Å². The van der Waals surface area contributed by atoms with Crippen LogP contribution in [0.4, 0.5) is 5.69 Å². The predicted molar refractivity (Wildman–Crippen MR) is 136 cm³/mol. The fourth-order valence-corrected chi connectivity index (χ4v) is 3.60. The van der Waals surface area contributed by atoms with Gasteiger partial charge in [0.05, 0.1) is 0 Å². The number of aromatic hydroxyl groups is 1. The molecule has 2 aromatic carbocycles. The first-order valence-corrected chi connectivity index (χ1v) is 10.5. The molecule has 0 saturated carbocycles. The normalized spacial score (nSPS) is 16.4. The van der Waals surface area contributed by atoms with Gasteiger partial charge in [-0.15, -0.1) is 24.0 Å². The zero-order chi connectivity index (χ0) is 21.2. The van der Waals surface area contributed by atoms with Crippen molar-refractivity contribution in [1.82, 2.24) is 15.5 Å². The summed E-state index contributed by atoms with van der Waals surface area (Å²) < 4.78 is 0. The maximum Gasteiger partial charge on any atom is 0.246 e. The summed E-state index contributed by atoms with van der Waals surface area (Å²) in [4.78, 5) is 19.1. The van der Waals surface area contributed by atoms with Gasteiger partial charge in [-0.2, -0.15) is 0 Å². The first-order chi connectivity index (χ1) is 14.6. The van der Waals surface area contributed by atoms with Gasteiger partial charge in [0.1, 0.15) is 12.3 Å². The Morgan fingerprint density at radius 3 is 2.58 bits per heavy atom. The molecule has 1 aliphatic heterocycles. The van der Waals surface area contributed by atoms with E-state index >= 15 is 0 Å². The molecule has 168 valence electrons. The third kappa shape index (κ3) is 8.37. The Morgan fingerprint density at radius 1 is 1.13 bits per heavy atom. The summed E-state index contributed by atoms with van der Waals surface area (Å²) in [5, 5.41) is 18.7. The van der Waals surface area contributed by atoms with Gasteiger partial charge in [0.2, 0.25) is 5.91 Å². The number of phenolic OH excluding ortho intramolecular Hbond substituents is 1. The van der Waals surface area contributed by atoms with Gasteiger partial charge in [0.15, 0.2) is 5.96 Å². The van der Waals surface area contributed by atoms with E-state index in [0.29, 0.717) is 17.7 Å². The zero-order valence-corrected chi connectivity index (χ0v) is 20.2. The molecule has 0 radical (unpaired) electrons. The molecular weight excluding hydrogens is 505 g/mol. The van der Waals surface area contributed by atoms with E-state index in [0.717, 1.165) is 32.6 Å². The van der Waals surface area contributed by atoms with Gasteiger partial charge in [-0.3, -0.25) is 9.69 Å². The number of benzene rings is 2. The van der Waals surface area contributed by atoms with E-state index in [9.17, 15) is 9.90 Å². The van der Waals surface area contributed by atoms with Crippen molar-refractivity contribution in [2.24, 2.45) is 4.99 Å². The highest BCUT2D eigenvalue weighted by Crippen LogP contribution is 2.19. The molecule has 1 fully saturated rings. The van der Waals surface area contributed by atoms with E-state index < -0.39 is 0 Å². The number of amides is 1. The van der Waals surface area contributed by atoms with Crippen LogP contribution in [0.2, 0.25) is 0 Å². The largest absolute Gasteiger partial charge is 0.508 e. The molecule has 2 aromatic rings. The molecule has 0 aliphatic carbocycles. The molecule has 0 bridgehead atoms. The summed E-state index contributed by atoms with van der Waals surface area (Å²) in [6.07, 6.45) is 2.35. The highest BCUT2D eigenvalue weighted by Gasteiger charge is 2.24. The van der Waals surface area contributed by atoms with Crippen molar-refractivity contribution in [2.45, 2.75) is 32.4 Å². The van der Waals surface area contributed by atoms with E-state index in [4.69, 9.17) is 0 Å². The second-order valence-corrected chi connectivity index (χ2v) is 7.42. The van der Waals surface area contributed by atoms with Crippen LogP contribution in [0.1, 0.15) is 25.3 Å². The van der Waals surface area contributed by atoms with E-state index in [1.54, 1.807) is 12.1 Å². The first kappa shape index (κ1) is 24.9. The number of aliphatic imine (C=N–C) groups is 1. The van der Waals surface area contributed by atoms with Crippen LogP contribution in [-0.2, 0) is 11.3 Å². The summed E-state index contributed by atoms with van der Waals surface area (Å²) in [6, 6.07) is 17.4. The van der Waals surface area contributed by atoms with E-state index in [-0.39, 0.29) is 42.2 Å². The minimum atomic E-state index is -0.204. The minimum absolute atomic E-state index is 0. The number of nitrogens with zero attached hydrogens (tertiary/aromatic N) is 2. The molecule has 1 saturated heterocycles. The number of guanidine groups is 1. The van der Waals surface area contributed by atoms with Crippen molar-refractivity contribution in [3.63, 3.8) is 0 Å².